The van der Waals surface area contributed by atoms with E-state index in [2.05, 4.69) is 5.92 Å². The van der Waals surface area contributed by atoms with E-state index in [1.807, 2.05) is 0 Å². The normalized spacial score (nSPS) is 12.1. The van der Waals surface area contributed by atoms with E-state index < -0.39 is 17.2 Å². The molecule has 17 heavy (non-hydrogen) atoms. The van der Waals surface area contributed by atoms with Crippen molar-refractivity contribution in [3.05, 3.63) is 29.3 Å². The number of halogens is 3. The lowest BCUT2D eigenvalue weighted by Gasteiger charge is -2.20. The highest BCUT2D eigenvalue weighted by Gasteiger charge is 2.35. The van der Waals surface area contributed by atoms with Gasteiger partial charge in [-0.25, -0.2) is 0 Å². The van der Waals surface area contributed by atoms with E-state index in [-0.39, 0.29) is 5.75 Å². The van der Waals surface area contributed by atoms with Gasteiger partial charge < -0.3 is 4.74 Å². The molecule has 1 aromatic rings. The van der Waals surface area contributed by atoms with Gasteiger partial charge >= 0.3 is 6.18 Å². The van der Waals surface area contributed by atoms with Gasteiger partial charge in [0, 0.05) is 0 Å². The first-order valence-corrected chi connectivity index (χ1v) is 4.96. The Hall–Kier alpha value is -1.63. The molecule has 4 heteroatoms. The molecule has 0 saturated heterocycles. The van der Waals surface area contributed by atoms with E-state index in [4.69, 9.17) is 11.2 Å². The Kier molecular flexibility index (Phi) is 3.42. The van der Waals surface area contributed by atoms with Crippen LogP contribution in [0.1, 0.15) is 25.0 Å². The largest absolute Gasteiger partial charge is 0.496 e. The fourth-order valence-corrected chi connectivity index (χ4v) is 1.40. The van der Waals surface area contributed by atoms with Crippen molar-refractivity contribution in [3.63, 3.8) is 0 Å². The summed E-state index contributed by atoms with van der Waals surface area (Å²) < 4.78 is 42.6. The molecule has 0 aliphatic carbocycles. The fraction of sp³-hybridized carbons (Fsp3) is 0.385. The van der Waals surface area contributed by atoms with Crippen molar-refractivity contribution in [1.29, 1.82) is 0 Å². The summed E-state index contributed by atoms with van der Waals surface area (Å²) in [7, 11) is 1.21. The van der Waals surface area contributed by atoms with Crippen LogP contribution in [0.2, 0.25) is 0 Å². The molecule has 0 bridgehead atoms. The van der Waals surface area contributed by atoms with Crippen LogP contribution >= 0.6 is 0 Å². The number of alkyl halides is 3. The summed E-state index contributed by atoms with van der Waals surface area (Å²) in [5, 5.41) is 0. The molecule has 0 aromatic heterocycles. The lowest BCUT2D eigenvalue weighted by molar-refractivity contribution is -0.138. The summed E-state index contributed by atoms with van der Waals surface area (Å²) in [6, 6.07) is 3.71. The first kappa shape index (κ1) is 13.4. The smallest absolute Gasteiger partial charge is 0.419 e. The van der Waals surface area contributed by atoms with Crippen LogP contribution in [0.3, 0.4) is 0 Å². The van der Waals surface area contributed by atoms with Crippen LogP contribution in [-0.2, 0) is 11.6 Å². The minimum Gasteiger partial charge on any atom is -0.496 e. The molecule has 0 amide bonds. The number of rotatable bonds is 2. The Balaban J connectivity index is 3.34. The summed E-state index contributed by atoms with van der Waals surface area (Å²) in [6.07, 6.45) is 0.914. The monoisotopic (exact) mass is 242 g/mol. The summed E-state index contributed by atoms with van der Waals surface area (Å²) in [4.78, 5) is 0. The first-order chi connectivity index (χ1) is 7.72. The van der Waals surface area contributed by atoms with Crippen molar-refractivity contribution >= 4 is 0 Å². The molecule has 92 valence electrons. The van der Waals surface area contributed by atoms with Gasteiger partial charge in [0.2, 0.25) is 0 Å². The number of hydrogen-bond donors (Lipinski definition) is 0. The van der Waals surface area contributed by atoms with Gasteiger partial charge in [-0.3, -0.25) is 0 Å². The SMILES string of the molecule is C#CC(C)(C)c1ccc(C(F)(F)F)c(OC)c1. The second-order valence-corrected chi connectivity index (χ2v) is 4.18. The van der Waals surface area contributed by atoms with Gasteiger partial charge in [0.1, 0.15) is 5.75 Å². The molecule has 0 fully saturated rings. The van der Waals surface area contributed by atoms with Crippen LogP contribution in [0.4, 0.5) is 13.2 Å². The molecule has 0 aliphatic rings. The predicted octanol–water partition coefficient (Wildman–Crippen LogP) is 3.62. The summed E-state index contributed by atoms with van der Waals surface area (Å²) >= 11 is 0. The summed E-state index contributed by atoms with van der Waals surface area (Å²) in [6.45, 7) is 3.52. The van der Waals surface area contributed by atoms with Crippen LogP contribution in [0.15, 0.2) is 18.2 Å². The highest BCUT2D eigenvalue weighted by Crippen LogP contribution is 2.38. The Morgan fingerprint density at radius 3 is 2.24 bits per heavy atom. The van der Waals surface area contributed by atoms with Crippen molar-refractivity contribution in [3.8, 4) is 18.1 Å². The van der Waals surface area contributed by atoms with Crippen LogP contribution in [0.25, 0.3) is 0 Å². The van der Waals surface area contributed by atoms with Crippen molar-refractivity contribution < 1.29 is 17.9 Å². The number of benzene rings is 1. The van der Waals surface area contributed by atoms with Gasteiger partial charge in [0.15, 0.2) is 0 Å². The quantitative estimate of drug-likeness (QED) is 0.720. The van der Waals surface area contributed by atoms with Gasteiger partial charge in [0.25, 0.3) is 0 Å². The molecule has 1 rings (SSSR count). The number of hydrogen-bond acceptors (Lipinski definition) is 1. The second kappa shape index (κ2) is 4.33. The minimum absolute atomic E-state index is 0.210. The van der Waals surface area contributed by atoms with Crippen LogP contribution in [-0.4, -0.2) is 7.11 Å². The van der Waals surface area contributed by atoms with E-state index in [0.29, 0.717) is 5.56 Å². The van der Waals surface area contributed by atoms with Gasteiger partial charge in [-0.15, -0.1) is 6.42 Å². The maximum Gasteiger partial charge on any atom is 0.419 e. The zero-order valence-corrected chi connectivity index (χ0v) is 9.85. The topological polar surface area (TPSA) is 9.23 Å². The molecule has 0 N–H and O–H groups in total. The zero-order valence-electron chi connectivity index (χ0n) is 9.85. The zero-order chi connectivity index (χ0) is 13.3. The third kappa shape index (κ3) is 2.73. The molecule has 0 radical (unpaired) electrons. The average molecular weight is 242 g/mol. The second-order valence-electron chi connectivity index (χ2n) is 4.18. The molecule has 0 spiro atoms. The van der Waals surface area contributed by atoms with Gasteiger partial charge in [-0.05, 0) is 31.5 Å². The van der Waals surface area contributed by atoms with Crippen LogP contribution < -0.4 is 4.74 Å². The van der Waals surface area contributed by atoms with Crippen LogP contribution in [0, 0.1) is 12.3 Å². The van der Waals surface area contributed by atoms with E-state index in [9.17, 15) is 13.2 Å². The number of ether oxygens (including phenoxy) is 1. The number of methoxy groups -OCH3 is 1. The molecule has 0 atom stereocenters. The molecule has 0 unspecified atom stereocenters. The van der Waals surface area contributed by atoms with E-state index in [1.165, 1.54) is 19.2 Å². The van der Waals surface area contributed by atoms with Gasteiger partial charge in [0.05, 0.1) is 18.1 Å². The minimum atomic E-state index is -4.43. The third-order valence-electron chi connectivity index (χ3n) is 2.59. The standard InChI is InChI=1S/C13H13F3O/c1-5-12(2,3)9-6-7-10(13(14,15)16)11(8-9)17-4/h1,6-8H,2-4H3. The Morgan fingerprint density at radius 2 is 1.82 bits per heavy atom. The Morgan fingerprint density at radius 1 is 1.24 bits per heavy atom. The molecule has 1 nitrogen and oxygen atoms in total. The highest BCUT2D eigenvalue weighted by molar-refractivity contribution is 5.44. The number of terminal acetylenes is 1. The van der Waals surface area contributed by atoms with Crippen molar-refractivity contribution in [2.24, 2.45) is 0 Å². The lowest BCUT2D eigenvalue weighted by Crippen LogP contribution is -2.15. The molecular weight excluding hydrogens is 229 g/mol. The first-order valence-electron chi connectivity index (χ1n) is 4.96. The van der Waals surface area contributed by atoms with Crippen molar-refractivity contribution in [1.82, 2.24) is 0 Å². The average Bonchev–Trinajstić information content (AvgIpc) is 2.27. The van der Waals surface area contributed by atoms with E-state index >= 15 is 0 Å². The maximum absolute atomic E-state index is 12.6. The Bertz CT molecular complexity index is 453. The lowest BCUT2D eigenvalue weighted by atomic mass is 9.85. The fourth-order valence-electron chi connectivity index (χ4n) is 1.40. The maximum atomic E-state index is 12.6. The summed E-state index contributed by atoms with van der Waals surface area (Å²) in [5.41, 5.74) is -0.807. The summed E-state index contributed by atoms with van der Waals surface area (Å²) in [5.74, 6) is 2.32. The van der Waals surface area contributed by atoms with E-state index in [0.717, 1.165) is 6.07 Å². The third-order valence-corrected chi connectivity index (χ3v) is 2.59. The van der Waals surface area contributed by atoms with Crippen molar-refractivity contribution in [2.45, 2.75) is 25.4 Å². The van der Waals surface area contributed by atoms with Crippen molar-refractivity contribution in [2.75, 3.05) is 7.11 Å². The molecule has 1 aromatic carbocycles. The molecule has 0 heterocycles. The van der Waals surface area contributed by atoms with E-state index in [1.54, 1.807) is 13.8 Å². The molecule has 0 aliphatic heterocycles. The van der Waals surface area contributed by atoms with Crippen LogP contribution in [0.5, 0.6) is 5.75 Å². The highest BCUT2D eigenvalue weighted by atomic mass is 19.4. The molecule has 0 saturated carbocycles. The Labute approximate surface area is 98.6 Å². The van der Waals surface area contributed by atoms with Gasteiger partial charge in [-0.1, -0.05) is 12.0 Å². The van der Waals surface area contributed by atoms with Gasteiger partial charge in [-0.2, -0.15) is 13.2 Å². The predicted molar refractivity (Wildman–Crippen MR) is 59.9 cm³/mol. The molecular formula is C13H13F3O.